The van der Waals surface area contributed by atoms with Crippen molar-refractivity contribution in [3.63, 3.8) is 0 Å². The summed E-state index contributed by atoms with van der Waals surface area (Å²) < 4.78 is 17.8. The van der Waals surface area contributed by atoms with E-state index in [4.69, 9.17) is 0 Å². The lowest BCUT2D eigenvalue weighted by atomic mass is 9.67. The molecule has 1 atom stereocenters. The van der Waals surface area contributed by atoms with Crippen molar-refractivity contribution in [1.82, 2.24) is 4.57 Å². The molecule has 8 aromatic carbocycles. The van der Waals surface area contributed by atoms with Crippen LogP contribution in [0, 0.1) is 11.3 Å². The van der Waals surface area contributed by atoms with Crippen LogP contribution in [0.5, 0.6) is 0 Å². The standard InChI is InChI=1S/C50H33N2OP/c51-34-35-24-30-43-42-20-10-12-22-46(42)50(47(43)32-35,36-25-28-41(29-26-36)54(53,39-16-6-2-7-17-39)40-18-8-3-9-19-40)37-27-31-49-45(33-37)44-21-11-13-23-48(44)52(49)38-14-4-1-5-15-38/h1-33H. The van der Waals surface area contributed by atoms with Gasteiger partial charge < -0.3 is 9.13 Å². The van der Waals surface area contributed by atoms with Gasteiger partial charge >= 0.3 is 0 Å². The molecule has 4 heteroatoms. The Morgan fingerprint density at radius 2 is 1.02 bits per heavy atom. The predicted octanol–water partition coefficient (Wildman–Crippen LogP) is 10.7. The maximum Gasteiger partial charge on any atom is 0.171 e. The van der Waals surface area contributed by atoms with Gasteiger partial charge in [0.15, 0.2) is 7.14 Å². The van der Waals surface area contributed by atoms with Crippen LogP contribution in [0.15, 0.2) is 200 Å². The number of para-hydroxylation sites is 2. The lowest BCUT2D eigenvalue weighted by Gasteiger charge is -2.34. The van der Waals surface area contributed by atoms with Crippen molar-refractivity contribution >= 4 is 44.9 Å². The number of hydrogen-bond donors (Lipinski definition) is 0. The first kappa shape index (κ1) is 32.0. The maximum absolute atomic E-state index is 15.4. The molecule has 0 radical (unpaired) electrons. The van der Waals surface area contributed by atoms with Crippen LogP contribution in [0.3, 0.4) is 0 Å². The van der Waals surface area contributed by atoms with E-state index >= 15 is 4.57 Å². The van der Waals surface area contributed by atoms with E-state index in [1.807, 2.05) is 72.8 Å². The maximum atomic E-state index is 15.4. The molecule has 0 spiro atoms. The molecule has 1 heterocycles. The summed E-state index contributed by atoms with van der Waals surface area (Å²) >= 11 is 0. The number of nitrogens with zero attached hydrogens (tertiary/aromatic N) is 2. The molecule has 9 aromatic rings. The number of aromatic nitrogens is 1. The van der Waals surface area contributed by atoms with E-state index < -0.39 is 12.6 Å². The van der Waals surface area contributed by atoms with Crippen molar-refractivity contribution < 1.29 is 4.57 Å². The van der Waals surface area contributed by atoms with Gasteiger partial charge in [0.1, 0.15) is 0 Å². The van der Waals surface area contributed by atoms with E-state index in [9.17, 15) is 5.26 Å². The van der Waals surface area contributed by atoms with Gasteiger partial charge in [-0.25, -0.2) is 0 Å². The Morgan fingerprint density at radius 1 is 0.463 bits per heavy atom. The van der Waals surface area contributed by atoms with E-state index in [1.165, 1.54) is 5.39 Å². The molecule has 54 heavy (non-hydrogen) atoms. The molecule has 0 saturated heterocycles. The molecule has 1 unspecified atom stereocenters. The largest absolute Gasteiger partial charge is 0.309 e. The first-order valence-corrected chi connectivity index (χ1v) is 19.9. The third-order valence-corrected chi connectivity index (χ3v) is 14.3. The van der Waals surface area contributed by atoms with Gasteiger partial charge in [0.25, 0.3) is 0 Å². The first-order valence-electron chi connectivity index (χ1n) is 18.2. The number of benzene rings is 8. The van der Waals surface area contributed by atoms with Crippen LogP contribution in [-0.2, 0) is 9.98 Å². The fourth-order valence-corrected chi connectivity index (χ4v) is 11.5. The van der Waals surface area contributed by atoms with Gasteiger partial charge in [0, 0.05) is 32.4 Å². The first-order chi connectivity index (χ1) is 26.6. The Labute approximate surface area is 314 Å². The quantitative estimate of drug-likeness (QED) is 0.161. The van der Waals surface area contributed by atoms with Crippen molar-refractivity contribution in [2.75, 3.05) is 0 Å². The molecule has 0 saturated carbocycles. The minimum absolute atomic E-state index is 0.613. The Kier molecular flexibility index (Phi) is 7.37. The Balaban J connectivity index is 1.27. The second kappa shape index (κ2) is 12.5. The van der Waals surface area contributed by atoms with Gasteiger partial charge in [-0.15, -0.1) is 0 Å². The molecule has 0 fully saturated rings. The summed E-state index contributed by atoms with van der Waals surface area (Å²) in [5, 5.41) is 14.9. The summed E-state index contributed by atoms with van der Waals surface area (Å²) in [6, 6.07) is 71.2. The van der Waals surface area contributed by atoms with Crippen LogP contribution in [-0.4, -0.2) is 4.57 Å². The van der Waals surface area contributed by atoms with E-state index in [2.05, 4.69) is 138 Å². The smallest absolute Gasteiger partial charge is 0.171 e. The van der Waals surface area contributed by atoms with Crippen molar-refractivity contribution in [1.29, 1.82) is 5.26 Å². The summed E-state index contributed by atoms with van der Waals surface area (Å²) in [6.07, 6.45) is 0. The zero-order chi connectivity index (χ0) is 36.3. The zero-order valence-electron chi connectivity index (χ0n) is 29.3. The molecule has 254 valence electrons. The molecule has 3 nitrogen and oxygen atoms in total. The molecule has 0 bridgehead atoms. The number of rotatable bonds is 6. The van der Waals surface area contributed by atoms with Gasteiger partial charge in [-0.05, 0) is 75.8 Å². The molecule has 1 aliphatic carbocycles. The van der Waals surface area contributed by atoms with Crippen molar-refractivity contribution in [3.8, 4) is 22.9 Å². The highest BCUT2D eigenvalue weighted by atomic mass is 31.2. The number of hydrogen-bond acceptors (Lipinski definition) is 2. The number of nitriles is 1. The van der Waals surface area contributed by atoms with E-state index in [-0.39, 0.29) is 0 Å². The van der Waals surface area contributed by atoms with Gasteiger partial charge in [0.05, 0.1) is 28.1 Å². The topological polar surface area (TPSA) is 45.8 Å². The monoisotopic (exact) mass is 708 g/mol. The van der Waals surface area contributed by atoms with Crippen LogP contribution in [0.2, 0.25) is 0 Å². The fourth-order valence-electron chi connectivity index (χ4n) is 8.84. The summed E-state index contributed by atoms with van der Waals surface area (Å²) in [6.45, 7) is 0. The average Bonchev–Trinajstić information content (AvgIpc) is 3.74. The van der Waals surface area contributed by atoms with Crippen LogP contribution >= 0.6 is 7.14 Å². The second-order valence-electron chi connectivity index (χ2n) is 13.9. The minimum Gasteiger partial charge on any atom is -0.309 e. The minimum atomic E-state index is -3.20. The Hall–Kier alpha value is -6.72. The highest BCUT2D eigenvalue weighted by Crippen LogP contribution is 2.57. The van der Waals surface area contributed by atoms with Gasteiger partial charge in [-0.3, -0.25) is 0 Å². The summed E-state index contributed by atoms with van der Waals surface area (Å²) in [4.78, 5) is 0. The van der Waals surface area contributed by atoms with Crippen LogP contribution in [0.25, 0.3) is 38.6 Å². The molecular weight excluding hydrogens is 676 g/mol. The zero-order valence-corrected chi connectivity index (χ0v) is 30.2. The number of fused-ring (bicyclic) bond motifs is 6. The van der Waals surface area contributed by atoms with E-state index in [0.29, 0.717) is 5.56 Å². The molecule has 0 N–H and O–H groups in total. The van der Waals surface area contributed by atoms with Crippen LogP contribution < -0.4 is 15.9 Å². The third-order valence-electron chi connectivity index (χ3n) is 11.2. The normalized spacial score (nSPS) is 14.8. The predicted molar refractivity (Wildman–Crippen MR) is 222 cm³/mol. The van der Waals surface area contributed by atoms with Gasteiger partial charge in [-0.2, -0.15) is 5.26 Å². The fraction of sp³-hybridized carbons (Fsp3) is 0.0200. The summed E-state index contributed by atoms with van der Waals surface area (Å²) in [5.74, 6) is 0. The summed E-state index contributed by atoms with van der Waals surface area (Å²) in [5.41, 5.74) is 9.86. The lowest BCUT2D eigenvalue weighted by molar-refractivity contribution is 0.592. The average molecular weight is 709 g/mol. The van der Waals surface area contributed by atoms with Gasteiger partial charge in [0.2, 0.25) is 0 Å². The Morgan fingerprint density at radius 3 is 1.72 bits per heavy atom. The molecule has 0 aliphatic heterocycles. The van der Waals surface area contributed by atoms with E-state index in [0.717, 1.165) is 71.4 Å². The highest BCUT2D eigenvalue weighted by Gasteiger charge is 2.46. The van der Waals surface area contributed by atoms with E-state index in [1.54, 1.807) is 0 Å². The lowest BCUT2D eigenvalue weighted by Crippen LogP contribution is -2.30. The van der Waals surface area contributed by atoms with Crippen molar-refractivity contribution in [2.45, 2.75) is 5.41 Å². The van der Waals surface area contributed by atoms with Crippen molar-refractivity contribution in [2.24, 2.45) is 0 Å². The second-order valence-corrected chi connectivity index (χ2v) is 16.7. The third kappa shape index (κ3) is 4.58. The molecule has 0 amide bonds. The molecular formula is C50H33N2OP. The Bertz CT molecular complexity index is 2920. The molecule has 10 rings (SSSR count). The molecule has 1 aromatic heterocycles. The molecule has 1 aliphatic rings. The van der Waals surface area contributed by atoms with Crippen LogP contribution in [0.4, 0.5) is 0 Å². The van der Waals surface area contributed by atoms with Gasteiger partial charge in [-0.1, -0.05) is 158 Å². The summed E-state index contributed by atoms with van der Waals surface area (Å²) in [7, 11) is -3.20. The van der Waals surface area contributed by atoms with Crippen LogP contribution in [0.1, 0.15) is 27.8 Å². The van der Waals surface area contributed by atoms with Crippen molar-refractivity contribution in [3.05, 3.63) is 228 Å². The SMILES string of the molecule is N#Cc1ccc2c(c1)C(c1ccc(P(=O)(c3ccccc3)c3ccccc3)cc1)(c1ccc3c(c1)c1ccccc1n3-c1ccccc1)c1ccccc1-2. The highest BCUT2D eigenvalue weighted by molar-refractivity contribution is 7.85.